The van der Waals surface area contributed by atoms with Crippen LogP contribution in [0.5, 0.6) is 0 Å². The van der Waals surface area contributed by atoms with Crippen LogP contribution in [0, 0.1) is 12.8 Å². The molecule has 0 atom stereocenters. The van der Waals surface area contributed by atoms with Crippen LogP contribution in [-0.2, 0) is 16.6 Å². The van der Waals surface area contributed by atoms with Gasteiger partial charge in [-0.1, -0.05) is 27.7 Å². The molecule has 0 bridgehead atoms. The van der Waals surface area contributed by atoms with Gasteiger partial charge in [0.05, 0.1) is 0 Å². The van der Waals surface area contributed by atoms with Crippen molar-refractivity contribution in [1.82, 2.24) is 4.31 Å². The third-order valence-electron chi connectivity index (χ3n) is 3.64. The lowest BCUT2D eigenvalue weighted by Crippen LogP contribution is -2.41. The van der Waals surface area contributed by atoms with E-state index < -0.39 is 10.0 Å². The Morgan fingerprint density at radius 1 is 1.29 bits per heavy atom. The van der Waals surface area contributed by atoms with Crippen molar-refractivity contribution >= 4 is 21.4 Å². The molecule has 1 heterocycles. The molecular weight excluding hydrogens is 304 g/mol. The second kappa shape index (κ2) is 7.72. The first-order chi connectivity index (χ1) is 9.77. The van der Waals surface area contributed by atoms with Crippen molar-refractivity contribution in [2.75, 3.05) is 6.54 Å². The molecule has 0 unspecified atom stereocenters. The van der Waals surface area contributed by atoms with Crippen molar-refractivity contribution in [1.29, 1.82) is 0 Å². The first-order valence-electron chi connectivity index (χ1n) is 7.59. The van der Waals surface area contributed by atoms with Crippen molar-refractivity contribution in [2.24, 2.45) is 11.7 Å². The van der Waals surface area contributed by atoms with E-state index in [0.29, 0.717) is 23.2 Å². The highest BCUT2D eigenvalue weighted by molar-refractivity contribution is 7.91. The molecule has 0 radical (unpaired) electrons. The van der Waals surface area contributed by atoms with Gasteiger partial charge in [0, 0.05) is 24.0 Å². The Balaban J connectivity index is 3.25. The first kappa shape index (κ1) is 18.6. The topological polar surface area (TPSA) is 63.4 Å². The number of rotatable bonds is 8. The first-order valence-corrected chi connectivity index (χ1v) is 9.84. The highest BCUT2D eigenvalue weighted by Crippen LogP contribution is 2.30. The smallest absolute Gasteiger partial charge is 0.252 e. The number of hydrogen-bond acceptors (Lipinski definition) is 4. The second-order valence-corrected chi connectivity index (χ2v) is 9.07. The van der Waals surface area contributed by atoms with Gasteiger partial charge >= 0.3 is 0 Å². The van der Waals surface area contributed by atoms with E-state index in [1.165, 1.54) is 11.3 Å². The number of nitrogens with zero attached hydrogens (tertiary/aromatic N) is 1. The van der Waals surface area contributed by atoms with Crippen LogP contribution >= 0.6 is 11.3 Å². The molecule has 6 heteroatoms. The Labute approximate surface area is 133 Å². The largest absolute Gasteiger partial charge is 0.326 e. The second-order valence-electron chi connectivity index (χ2n) is 5.81. The van der Waals surface area contributed by atoms with Gasteiger partial charge in [-0.25, -0.2) is 8.42 Å². The summed E-state index contributed by atoms with van der Waals surface area (Å²) in [7, 11) is -3.44. The fraction of sp³-hybridized carbons (Fsp3) is 0.733. The molecule has 1 aromatic heterocycles. The Bertz CT molecular complexity index is 546. The van der Waals surface area contributed by atoms with Gasteiger partial charge < -0.3 is 5.73 Å². The molecule has 0 aliphatic rings. The number of aryl methyl sites for hydroxylation is 1. The summed E-state index contributed by atoms with van der Waals surface area (Å²) < 4.78 is 28.1. The normalized spacial score (nSPS) is 12.8. The van der Waals surface area contributed by atoms with Gasteiger partial charge in [0.2, 0.25) is 0 Å². The van der Waals surface area contributed by atoms with E-state index in [9.17, 15) is 8.42 Å². The molecule has 2 N–H and O–H groups in total. The molecule has 0 aliphatic heterocycles. The zero-order valence-corrected chi connectivity index (χ0v) is 15.4. The third kappa shape index (κ3) is 4.28. The van der Waals surface area contributed by atoms with Crippen LogP contribution in [0.2, 0.25) is 0 Å². The molecule has 0 saturated heterocycles. The summed E-state index contributed by atoms with van der Waals surface area (Å²) in [5.74, 6) is 0.301. The fourth-order valence-corrected chi connectivity index (χ4v) is 5.97. The third-order valence-corrected chi connectivity index (χ3v) is 7.27. The van der Waals surface area contributed by atoms with Gasteiger partial charge in [-0.2, -0.15) is 4.31 Å². The maximum atomic E-state index is 13.0. The van der Waals surface area contributed by atoms with E-state index in [4.69, 9.17) is 5.73 Å². The lowest BCUT2D eigenvalue weighted by molar-refractivity contribution is 0.277. The summed E-state index contributed by atoms with van der Waals surface area (Å²) in [6, 6.07) is 1.82. The van der Waals surface area contributed by atoms with E-state index in [1.807, 2.05) is 20.8 Å². The SMILES string of the molecule is CCC(CC)N(CC(C)C)S(=O)(=O)c1cc(C)c(CN)s1. The van der Waals surface area contributed by atoms with Crippen LogP contribution in [0.25, 0.3) is 0 Å². The average Bonchev–Trinajstić information content (AvgIpc) is 2.80. The molecule has 1 aromatic rings. The van der Waals surface area contributed by atoms with E-state index in [-0.39, 0.29) is 6.04 Å². The predicted octanol–water partition coefficient (Wildman–Crippen LogP) is 3.35. The Morgan fingerprint density at radius 3 is 2.24 bits per heavy atom. The molecule has 122 valence electrons. The Hall–Kier alpha value is -0.430. The van der Waals surface area contributed by atoms with E-state index in [2.05, 4.69) is 13.8 Å². The van der Waals surface area contributed by atoms with Crippen LogP contribution in [0.3, 0.4) is 0 Å². The van der Waals surface area contributed by atoms with Crippen molar-refractivity contribution in [3.05, 3.63) is 16.5 Å². The van der Waals surface area contributed by atoms with Gasteiger partial charge in [0.15, 0.2) is 0 Å². The highest BCUT2D eigenvalue weighted by atomic mass is 32.2. The zero-order valence-electron chi connectivity index (χ0n) is 13.7. The minimum atomic E-state index is -3.44. The summed E-state index contributed by atoms with van der Waals surface area (Å²) in [4.78, 5) is 0.947. The molecule has 0 aromatic carbocycles. The minimum absolute atomic E-state index is 0.0566. The lowest BCUT2D eigenvalue weighted by Gasteiger charge is -2.30. The summed E-state index contributed by atoms with van der Waals surface area (Å²) in [6.07, 6.45) is 1.66. The van der Waals surface area contributed by atoms with E-state index in [1.54, 1.807) is 10.4 Å². The molecule has 0 spiro atoms. The molecule has 0 aliphatic carbocycles. The van der Waals surface area contributed by atoms with Crippen LogP contribution in [0.4, 0.5) is 0 Å². The molecule has 0 amide bonds. The van der Waals surface area contributed by atoms with Crippen molar-refractivity contribution < 1.29 is 8.42 Å². The molecule has 21 heavy (non-hydrogen) atoms. The van der Waals surface area contributed by atoms with E-state index in [0.717, 1.165) is 23.3 Å². The fourth-order valence-electron chi connectivity index (χ4n) is 2.43. The average molecular weight is 333 g/mol. The van der Waals surface area contributed by atoms with Crippen LogP contribution < -0.4 is 5.73 Å². The van der Waals surface area contributed by atoms with Gasteiger partial charge in [0.25, 0.3) is 10.0 Å². The predicted molar refractivity (Wildman–Crippen MR) is 90.0 cm³/mol. The number of nitrogens with two attached hydrogens (primary N) is 1. The van der Waals surface area contributed by atoms with Crippen LogP contribution in [0.15, 0.2) is 10.3 Å². The monoisotopic (exact) mass is 332 g/mol. The molecular formula is C15H28N2O2S2. The van der Waals surface area contributed by atoms with Gasteiger partial charge in [0.1, 0.15) is 4.21 Å². The highest BCUT2D eigenvalue weighted by Gasteiger charge is 2.31. The summed E-state index contributed by atoms with van der Waals surface area (Å²) in [6.45, 7) is 11.1. The summed E-state index contributed by atoms with van der Waals surface area (Å²) >= 11 is 1.31. The van der Waals surface area contributed by atoms with Gasteiger partial charge in [-0.3, -0.25) is 0 Å². The molecule has 1 rings (SSSR count). The standard InChI is InChI=1S/C15H28N2O2S2/c1-6-13(7-2)17(10-11(3)4)21(18,19)15-8-12(5)14(9-16)20-15/h8,11,13H,6-7,9-10,16H2,1-5H3. The number of hydrogen-bond donors (Lipinski definition) is 1. The van der Waals surface area contributed by atoms with Gasteiger partial charge in [-0.15, -0.1) is 11.3 Å². The summed E-state index contributed by atoms with van der Waals surface area (Å²) in [5, 5.41) is 0. The van der Waals surface area contributed by atoms with Gasteiger partial charge in [-0.05, 0) is 37.3 Å². The number of sulfonamides is 1. The molecule has 0 saturated carbocycles. The lowest BCUT2D eigenvalue weighted by atomic mass is 10.1. The van der Waals surface area contributed by atoms with Crippen LogP contribution in [-0.4, -0.2) is 25.3 Å². The quantitative estimate of drug-likeness (QED) is 0.794. The zero-order chi connectivity index (χ0) is 16.2. The summed E-state index contributed by atoms with van der Waals surface area (Å²) in [5.41, 5.74) is 6.65. The van der Waals surface area contributed by atoms with Crippen molar-refractivity contribution in [3.63, 3.8) is 0 Å². The van der Waals surface area contributed by atoms with Crippen LogP contribution in [0.1, 0.15) is 51.0 Å². The molecule has 4 nitrogen and oxygen atoms in total. The maximum absolute atomic E-state index is 13.0. The number of thiophene rings is 1. The maximum Gasteiger partial charge on any atom is 0.252 e. The molecule has 0 fully saturated rings. The van der Waals surface area contributed by atoms with Crippen molar-refractivity contribution in [3.8, 4) is 0 Å². The minimum Gasteiger partial charge on any atom is -0.326 e. The Kier molecular flexibility index (Phi) is 6.84. The Morgan fingerprint density at radius 2 is 1.86 bits per heavy atom. The van der Waals surface area contributed by atoms with Crippen molar-refractivity contribution in [2.45, 2.75) is 64.3 Å². The van der Waals surface area contributed by atoms with E-state index >= 15 is 0 Å².